The number of nitrogens with one attached hydrogen (secondary N) is 1. The molecule has 96 valence electrons. The molecule has 3 N–H and O–H groups in total. The molecule has 0 aromatic rings. The molecule has 0 aliphatic carbocycles. The molecule has 0 radical (unpaired) electrons. The van der Waals surface area contributed by atoms with E-state index in [4.69, 9.17) is 5.73 Å². The summed E-state index contributed by atoms with van der Waals surface area (Å²) in [5, 5.41) is 2.99. The molecule has 3 heteroatoms. The fraction of sp³-hybridized carbons (Fsp3) is 0.923. The molecule has 2 unspecified atom stereocenters. The van der Waals surface area contributed by atoms with E-state index < -0.39 is 0 Å². The maximum absolute atomic E-state index is 11.6. The van der Waals surface area contributed by atoms with Crippen LogP contribution in [0.2, 0.25) is 0 Å². The minimum atomic E-state index is 0.133. The van der Waals surface area contributed by atoms with Gasteiger partial charge in [0.15, 0.2) is 0 Å². The van der Waals surface area contributed by atoms with Gasteiger partial charge >= 0.3 is 0 Å². The third kappa shape index (κ3) is 6.11. The molecule has 0 rings (SSSR count). The molecule has 0 bridgehead atoms. The topological polar surface area (TPSA) is 55.1 Å². The van der Waals surface area contributed by atoms with Gasteiger partial charge in [-0.3, -0.25) is 4.79 Å². The maximum Gasteiger partial charge on any atom is 0.220 e. The van der Waals surface area contributed by atoms with Gasteiger partial charge in [-0.1, -0.05) is 41.0 Å². The lowest BCUT2D eigenvalue weighted by molar-refractivity contribution is -0.122. The van der Waals surface area contributed by atoms with Crippen LogP contribution in [-0.4, -0.2) is 19.0 Å². The Kier molecular flexibility index (Phi) is 6.65. The molecule has 0 aromatic heterocycles. The van der Waals surface area contributed by atoms with Crippen LogP contribution in [0.4, 0.5) is 0 Å². The third-order valence-electron chi connectivity index (χ3n) is 3.47. The van der Waals surface area contributed by atoms with Gasteiger partial charge in [0.2, 0.25) is 5.91 Å². The van der Waals surface area contributed by atoms with E-state index in [-0.39, 0.29) is 11.3 Å². The van der Waals surface area contributed by atoms with Crippen LogP contribution in [0, 0.1) is 17.3 Å². The highest BCUT2D eigenvalue weighted by atomic mass is 16.1. The SMILES string of the molecule is CCC(CN)CC(=O)NCC(C)C(C)(C)C. The summed E-state index contributed by atoms with van der Waals surface area (Å²) in [6.07, 6.45) is 1.53. The number of hydrogen-bond donors (Lipinski definition) is 2. The first-order valence-corrected chi connectivity index (χ1v) is 6.28. The molecule has 0 spiro atoms. The standard InChI is InChI=1S/C13H28N2O/c1-6-11(8-14)7-12(16)15-9-10(2)13(3,4)5/h10-11H,6-9,14H2,1-5H3,(H,15,16). The second kappa shape index (κ2) is 6.89. The molecule has 0 saturated carbocycles. The van der Waals surface area contributed by atoms with Crippen molar-refractivity contribution in [2.75, 3.05) is 13.1 Å². The minimum Gasteiger partial charge on any atom is -0.356 e. The summed E-state index contributed by atoms with van der Waals surface area (Å²) in [4.78, 5) is 11.6. The molecule has 3 nitrogen and oxygen atoms in total. The lowest BCUT2D eigenvalue weighted by Crippen LogP contribution is -2.35. The number of carbonyl (C=O) groups is 1. The highest BCUT2D eigenvalue weighted by molar-refractivity contribution is 5.76. The smallest absolute Gasteiger partial charge is 0.220 e. The minimum absolute atomic E-state index is 0.133. The Bertz CT molecular complexity index is 204. The van der Waals surface area contributed by atoms with Crippen LogP contribution in [0.15, 0.2) is 0 Å². The molecule has 1 amide bonds. The first-order valence-electron chi connectivity index (χ1n) is 6.28. The van der Waals surface area contributed by atoms with Crippen molar-refractivity contribution in [2.24, 2.45) is 23.0 Å². The number of carbonyl (C=O) groups excluding carboxylic acids is 1. The summed E-state index contributed by atoms with van der Waals surface area (Å²) in [5.74, 6) is 0.938. The van der Waals surface area contributed by atoms with Crippen LogP contribution in [-0.2, 0) is 4.79 Å². The molecule has 0 saturated heterocycles. The molecule has 0 fully saturated rings. The Labute approximate surface area is 100 Å². The van der Waals surface area contributed by atoms with Gasteiger partial charge in [-0.25, -0.2) is 0 Å². The van der Waals surface area contributed by atoms with Gasteiger partial charge in [0.05, 0.1) is 0 Å². The van der Waals surface area contributed by atoms with E-state index in [9.17, 15) is 4.79 Å². The molecule has 2 atom stereocenters. The third-order valence-corrected chi connectivity index (χ3v) is 3.47. The van der Waals surface area contributed by atoms with Gasteiger partial charge in [0.1, 0.15) is 0 Å². The van der Waals surface area contributed by atoms with Gasteiger partial charge in [0, 0.05) is 13.0 Å². The van der Waals surface area contributed by atoms with E-state index in [1.165, 1.54) is 0 Å². The van der Waals surface area contributed by atoms with E-state index in [0.717, 1.165) is 13.0 Å². The van der Waals surface area contributed by atoms with Crippen LogP contribution >= 0.6 is 0 Å². The Hall–Kier alpha value is -0.570. The number of amides is 1. The summed E-state index contributed by atoms with van der Waals surface area (Å²) in [5.41, 5.74) is 5.82. The molecule has 0 aromatic carbocycles. The van der Waals surface area contributed by atoms with Crippen LogP contribution in [0.1, 0.15) is 47.5 Å². The molecule has 0 heterocycles. The van der Waals surface area contributed by atoms with Gasteiger partial charge in [0.25, 0.3) is 0 Å². The van der Waals surface area contributed by atoms with Gasteiger partial charge in [-0.05, 0) is 23.8 Å². The predicted molar refractivity (Wildman–Crippen MR) is 69.1 cm³/mol. The zero-order chi connectivity index (χ0) is 12.8. The summed E-state index contributed by atoms with van der Waals surface area (Å²) in [7, 11) is 0. The Morgan fingerprint density at radius 3 is 2.31 bits per heavy atom. The second-order valence-electron chi connectivity index (χ2n) is 5.79. The number of rotatable bonds is 6. The Balaban J connectivity index is 3.90. The van der Waals surface area contributed by atoms with Crippen molar-refractivity contribution in [3.8, 4) is 0 Å². The highest BCUT2D eigenvalue weighted by Gasteiger charge is 2.20. The fourth-order valence-electron chi connectivity index (χ4n) is 1.30. The largest absolute Gasteiger partial charge is 0.356 e. The van der Waals surface area contributed by atoms with E-state index >= 15 is 0 Å². The number of nitrogens with two attached hydrogens (primary N) is 1. The summed E-state index contributed by atoms with van der Waals surface area (Å²) in [6.45, 7) is 12.2. The molecular weight excluding hydrogens is 200 g/mol. The van der Waals surface area contributed by atoms with Crippen molar-refractivity contribution in [3.63, 3.8) is 0 Å². The van der Waals surface area contributed by atoms with Crippen molar-refractivity contribution in [2.45, 2.75) is 47.5 Å². The van der Waals surface area contributed by atoms with E-state index in [0.29, 0.717) is 24.8 Å². The van der Waals surface area contributed by atoms with Gasteiger partial charge in [-0.15, -0.1) is 0 Å². The van der Waals surface area contributed by atoms with Crippen molar-refractivity contribution < 1.29 is 4.79 Å². The van der Waals surface area contributed by atoms with Crippen LogP contribution in [0.25, 0.3) is 0 Å². The molecule has 16 heavy (non-hydrogen) atoms. The van der Waals surface area contributed by atoms with E-state index in [1.54, 1.807) is 0 Å². The highest BCUT2D eigenvalue weighted by Crippen LogP contribution is 2.24. The maximum atomic E-state index is 11.6. The molecule has 0 aliphatic rings. The number of hydrogen-bond acceptors (Lipinski definition) is 2. The van der Waals surface area contributed by atoms with Crippen LogP contribution < -0.4 is 11.1 Å². The van der Waals surface area contributed by atoms with Crippen molar-refractivity contribution in [3.05, 3.63) is 0 Å². The Morgan fingerprint density at radius 1 is 1.38 bits per heavy atom. The molecular formula is C13H28N2O. The predicted octanol–water partition coefficient (Wildman–Crippen LogP) is 2.16. The van der Waals surface area contributed by atoms with Crippen molar-refractivity contribution in [1.82, 2.24) is 5.32 Å². The van der Waals surface area contributed by atoms with Gasteiger partial charge < -0.3 is 11.1 Å². The summed E-state index contributed by atoms with van der Waals surface area (Å²) < 4.78 is 0. The monoisotopic (exact) mass is 228 g/mol. The lowest BCUT2D eigenvalue weighted by Gasteiger charge is -2.27. The molecule has 0 aliphatic heterocycles. The summed E-state index contributed by atoms with van der Waals surface area (Å²) in [6, 6.07) is 0. The average molecular weight is 228 g/mol. The zero-order valence-electron chi connectivity index (χ0n) is 11.5. The Morgan fingerprint density at radius 2 is 1.94 bits per heavy atom. The van der Waals surface area contributed by atoms with Gasteiger partial charge in [-0.2, -0.15) is 0 Å². The second-order valence-corrected chi connectivity index (χ2v) is 5.79. The van der Waals surface area contributed by atoms with Crippen molar-refractivity contribution in [1.29, 1.82) is 0 Å². The zero-order valence-corrected chi connectivity index (χ0v) is 11.5. The first-order chi connectivity index (χ1) is 7.31. The van der Waals surface area contributed by atoms with Crippen LogP contribution in [0.3, 0.4) is 0 Å². The quantitative estimate of drug-likeness (QED) is 0.732. The van der Waals surface area contributed by atoms with E-state index in [2.05, 4.69) is 39.9 Å². The summed E-state index contributed by atoms with van der Waals surface area (Å²) >= 11 is 0. The average Bonchev–Trinajstić information content (AvgIpc) is 2.20. The fourth-order valence-corrected chi connectivity index (χ4v) is 1.30. The normalized spacial score (nSPS) is 15.6. The van der Waals surface area contributed by atoms with E-state index in [1.807, 2.05) is 0 Å². The van der Waals surface area contributed by atoms with Crippen molar-refractivity contribution >= 4 is 5.91 Å². The van der Waals surface area contributed by atoms with Crippen LogP contribution in [0.5, 0.6) is 0 Å². The lowest BCUT2D eigenvalue weighted by atomic mass is 9.82. The first kappa shape index (κ1) is 15.4.